The molecular formula is C26H28ClNO5. The Morgan fingerprint density at radius 1 is 1.15 bits per heavy atom. The minimum atomic E-state index is -0.713. The van der Waals surface area contributed by atoms with Gasteiger partial charge in [0.2, 0.25) is 0 Å². The van der Waals surface area contributed by atoms with Gasteiger partial charge in [-0.15, -0.1) is 0 Å². The number of carbonyl (C=O) groups is 2. The molecule has 1 amide bonds. The third-order valence-corrected chi connectivity index (χ3v) is 6.30. The van der Waals surface area contributed by atoms with Crippen LogP contribution in [0.15, 0.2) is 54.1 Å². The number of nitrogens with zero attached hydrogens (tertiary/aromatic N) is 1. The molecule has 2 aromatic rings. The molecule has 0 unspecified atom stereocenters. The molecule has 4 rings (SSSR count). The lowest BCUT2D eigenvalue weighted by Crippen LogP contribution is -2.36. The SMILES string of the molecule is CCCCOc1ccc([C@H]2C(=C(O)c3ccc(Cl)cc3)C(=O)C(=O)N2C[C@H]2CCCO2)cc1. The number of unbranched alkanes of at least 4 members (excludes halogenated alkanes) is 1. The van der Waals surface area contributed by atoms with E-state index < -0.39 is 17.7 Å². The zero-order chi connectivity index (χ0) is 23.4. The monoisotopic (exact) mass is 469 g/mol. The van der Waals surface area contributed by atoms with Gasteiger partial charge in [-0.25, -0.2) is 0 Å². The Morgan fingerprint density at radius 3 is 2.52 bits per heavy atom. The van der Waals surface area contributed by atoms with E-state index >= 15 is 0 Å². The smallest absolute Gasteiger partial charge is 0.295 e. The molecule has 0 saturated carbocycles. The van der Waals surface area contributed by atoms with Crippen LogP contribution in [0, 0.1) is 0 Å². The minimum Gasteiger partial charge on any atom is -0.507 e. The Balaban J connectivity index is 1.72. The highest BCUT2D eigenvalue weighted by Crippen LogP contribution is 2.40. The molecule has 2 aromatic carbocycles. The Kier molecular flexibility index (Phi) is 7.36. The summed E-state index contributed by atoms with van der Waals surface area (Å²) in [5, 5.41) is 11.6. The average Bonchev–Trinajstić information content (AvgIpc) is 3.42. The number of ketones is 1. The van der Waals surface area contributed by atoms with E-state index in [1.165, 1.54) is 4.90 Å². The van der Waals surface area contributed by atoms with Crippen LogP contribution in [0.5, 0.6) is 5.75 Å². The van der Waals surface area contributed by atoms with Crippen molar-refractivity contribution in [1.82, 2.24) is 4.90 Å². The number of hydrogen-bond donors (Lipinski definition) is 1. The number of hydrogen-bond acceptors (Lipinski definition) is 5. The molecule has 174 valence electrons. The molecule has 1 N–H and O–H groups in total. The maximum Gasteiger partial charge on any atom is 0.295 e. The van der Waals surface area contributed by atoms with Gasteiger partial charge in [-0.3, -0.25) is 9.59 Å². The molecule has 0 spiro atoms. The largest absolute Gasteiger partial charge is 0.507 e. The normalized spacial score (nSPS) is 22.2. The van der Waals surface area contributed by atoms with E-state index in [0.29, 0.717) is 30.3 Å². The van der Waals surface area contributed by atoms with Crippen LogP contribution in [0.1, 0.15) is 49.8 Å². The highest BCUT2D eigenvalue weighted by Gasteiger charge is 2.47. The molecule has 0 aliphatic carbocycles. The Hall–Kier alpha value is -2.83. The van der Waals surface area contributed by atoms with Crippen LogP contribution in [-0.4, -0.2) is 47.6 Å². The van der Waals surface area contributed by atoms with Crippen molar-refractivity contribution in [3.63, 3.8) is 0 Å². The predicted molar refractivity (Wildman–Crippen MR) is 126 cm³/mol. The standard InChI is InChI=1S/C26H28ClNO5/c1-2-3-14-32-20-12-8-17(9-13-20)23-22(24(29)18-6-10-19(27)11-7-18)25(30)26(31)28(23)16-21-5-4-15-33-21/h6-13,21,23,29H,2-5,14-16H2,1H3/t21-,23+/m1/s1. The van der Waals surface area contributed by atoms with E-state index in [4.69, 9.17) is 21.1 Å². The first-order chi connectivity index (χ1) is 16.0. The fourth-order valence-corrected chi connectivity index (χ4v) is 4.39. The van der Waals surface area contributed by atoms with Gasteiger partial charge < -0.3 is 19.5 Å². The van der Waals surface area contributed by atoms with Crippen LogP contribution in [0.4, 0.5) is 0 Å². The van der Waals surface area contributed by atoms with E-state index in [-0.39, 0.29) is 17.4 Å². The molecule has 2 saturated heterocycles. The number of ether oxygens (including phenoxy) is 2. The zero-order valence-electron chi connectivity index (χ0n) is 18.6. The molecule has 7 heteroatoms. The van der Waals surface area contributed by atoms with Gasteiger partial charge in [0, 0.05) is 23.7 Å². The summed E-state index contributed by atoms with van der Waals surface area (Å²) in [4.78, 5) is 27.7. The van der Waals surface area contributed by atoms with Crippen molar-refractivity contribution in [3.8, 4) is 5.75 Å². The highest BCUT2D eigenvalue weighted by atomic mass is 35.5. The van der Waals surface area contributed by atoms with Gasteiger partial charge in [0.1, 0.15) is 11.5 Å². The fourth-order valence-electron chi connectivity index (χ4n) is 4.27. The summed E-state index contributed by atoms with van der Waals surface area (Å²) in [5.74, 6) is -0.822. The number of amides is 1. The van der Waals surface area contributed by atoms with Crippen LogP contribution < -0.4 is 4.74 Å². The summed E-state index contributed by atoms with van der Waals surface area (Å²) in [6, 6.07) is 13.2. The number of halogens is 1. The summed E-state index contributed by atoms with van der Waals surface area (Å²) in [6.07, 6.45) is 3.63. The number of likely N-dealkylation sites (tertiary alicyclic amines) is 1. The maximum atomic E-state index is 13.1. The molecule has 2 atom stereocenters. The lowest BCUT2D eigenvalue weighted by molar-refractivity contribution is -0.140. The molecule has 0 aromatic heterocycles. The molecule has 0 radical (unpaired) electrons. The lowest BCUT2D eigenvalue weighted by Gasteiger charge is -2.27. The summed E-state index contributed by atoms with van der Waals surface area (Å²) in [5.41, 5.74) is 1.23. The van der Waals surface area contributed by atoms with Crippen LogP contribution in [-0.2, 0) is 14.3 Å². The van der Waals surface area contributed by atoms with E-state index in [1.807, 2.05) is 24.3 Å². The van der Waals surface area contributed by atoms with E-state index in [0.717, 1.165) is 37.0 Å². The first kappa shape index (κ1) is 23.3. The third kappa shape index (κ3) is 5.07. The van der Waals surface area contributed by atoms with Gasteiger partial charge in [0.15, 0.2) is 0 Å². The molecule has 6 nitrogen and oxygen atoms in total. The topological polar surface area (TPSA) is 76.1 Å². The van der Waals surface area contributed by atoms with Crippen molar-refractivity contribution in [2.75, 3.05) is 19.8 Å². The second-order valence-electron chi connectivity index (χ2n) is 8.36. The summed E-state index contributed by atoms with van der Waals surface area (Å²) >= 11 is 5.98. The van der Waals surface area contributed by atoms with Crippen molar-refractivity contribution in [1.29, 1.82) is 0 Å². The van der Waals surface area contributed by atoms with Gasteiger partial charge in [-0.05, 0) is 61.2 Å². The van der Waals surface area contributed by atoms with Gasteiger partial charge in [0.05, 0.1) is 24.3 Å². The van der Waals surface area contributed by atoms with Gasteiger partial charge in [-0.2, -0.15) is 0 Å². The van der Waals surface area contributed by atoms with Crippen molar-refractivity contribution in [2.24, 2.45) is 0 Å². The summed E-state index contributed by atoms with van der Waals surface area (Å²) < 4.78 is 11.5. The first-order valence-corrected chi connectivity index (χ1v) is 11.8. The predicted octanol–water partition coefficient (Wildman–Crippen LogP) is 5.12. The van der Waals surface area contributed by atoms with Crippen LogP contribution >= 0.6 is 11.6 Å². The summed E-state index contributed by atoms with van der Waals surface area (Å²) in [6.45, 7) is 3.67. The van der Waals surface area contributed by atoms with Gasteiger partial charge in [0.25, 0.3) is 11.7 Å². The van der Waals surface area contributed by atoms with E-state index in [1.54, 1.807) is 24.3 Å². The second-order valence-corrected chi connectivity index (χ2v) is 8.80. The van der Waals surface area contributed by atoms with E-state index in [2.05, 4.69) is 6.92 Å². The summed E-state index contributed by atoms with van der Waals surface area (Å²) in [7, 11) is 0. The van der Waals surface area contributed by atoms with Crippen LogP contribution in [0.2, 0.25) is 5.02 Å². The van der Waals surface area contributed by atoms with Crippen LogP contribution in [0.25, 0.3) is 5.76 Å². The average molecular weight is 470 g/mol. The molecule has 2 heterocycles. The van der Waals surface area contributed by atoms with E-state index in [9.17, 15) is 14.7 Å². The number of rotatable bonds is 8. The number of Topliss-reactive ketones (excluding diaryl/α,β-unsaturated/α-hetero) is 1. The number of benzene rings is 2. The lowest BCUT2D eigenvalue weighted by atomic mass is 9.95. The van der Waals surface area contributed by atoms with Gasteiger partial charge in [-0.1, -0.05) is 37.1 Å². The Labute approximate surface area is 198 Å². The molecule has 2 fully saturated rings. The molecule has 33 heavy (non-hydrogen) atoms. The van der Waals surface area contributed by atoms with Gasteiger partial charge >= 0.3 is 0 Å². The molecule has 0 bridgehead atoms. The zero-order valence-corrected chi connectivity index (χ0v) is 19.4. The van der Waals surface area contributed by atoms with Crippen molar-refractivity contribution < 1.29 is 24.2 Å². The minimum absolute atomic E-state index is 0.0694. The number of aliphatic hydroxyl groups excluding tert-OH is 1. The quantitative estimate of drug-likeness (QED) is 0.251. The third-order valence-electron chi connectivity index (χ3n) is 6.04. The molecule has 2 aliphatic rings. The highest BCUT2D eigenvalue weighted by molar-refractivity contribution is 6.46. The molecular weight excluding hydrogens is 442 g/mol. The number of carbonyl (C=O) groups excluding carboxylic acids is 2. The maximum absolute atomic E-state index is 13.1. The Bertz CT molecular complexity index is 1030. The van der Waals surface area contributed by atoms with Crippen molar-refractivity contribution in [3.05, 3.63) is 70.3 Å². The van der Waals surface area contributed by atoms with Crippen molar-refractivity contribution >= 4 is 29.1 Å². The number of aliphatic hydroxyl groups is 1. The Morgan fingerprint density at radius 2 is 1.88 bits per heavy atom. The van der Waals surface area contributed by atoms with Crippen molar-refractivity contribution in [2.45, 2.75) is 44.8 Å². The first-order valence-electron chi connectivity index (χ1n) is 11.4. The fraction of sp³-hybridized carbons (Fsp3) is 0.385. The molecule has 2 aliphatic heterocycles. The second kappa shape index (κ2) is 10.4. The van der Waals surface area contributed by atoms with Crippen LogP contribution in [0.3, 0.4) is 0 Å².